The van der Waals surface area contributed by atoms with E-state index in [1.807, 2.05) is 0 Å². The first-order valence-electron chi connectivity index (χ1n) is 6.57. The lowest BCUT2D eigenvalue weighted by molar-refractivity contribution is 0.0894. The fraction of sp³-hybridized carbons (Fsp3) is 0.500. The molecule has 0 bridgehead atoms. The van der Waals surface area contributed by atoms with Gasteiger partial charge >= 0.3 is 0 Å². The van der Waals surface area contributed by atoms with E-state index in [-0.39, 0.29) is 28.9 Å². The number of benzene rings is 1. The Balaban J connectivity index is 2.03. The number of hydrogen-bond acceptors (Lipinski definition) is 4. The number of phenols is 1. The van der Waals surface area contributed by atoms with Gasteiger partial charge in [0.25, 0.3) is 5.91 Å². The van der Waals surface area contributed by atoms with Crippen LogP contribution in [0.25, 0.3) is 0 Å². The van der Waals surface area contributed by atoms with E-state index in [1.165, 1.54) is 0 Å². The van der Waals surface area contributed by atoms with Gasteiger partial charge in [0.15, 0.2) is 5.75 Å². The fourth-order valence-electron chi connectivity index (χ4n) is 2.43. The van der Waals surface area contributed by atoms with Crippen molar-refractivity contribution in [3.8, 4) is 5.75 Å². The normalized spacial score (nSPS) is 24.1. The van der Waals surface area contributed by atoms with Gasteiger partial charge in [0.2, 0.25) is 0 Å². The van der Waals surface area contributed by atoms with Crippen LogP contribution in [0.1, 0.15) is 30.1 Å². The molecule has 4 N–H and O–H groups in total. The van der Waals surface area contributed by atoms with Crippen molar-refractivity contribution >= 4 is 11.6 Å². The highest BCUT2D eigenvalue weighted by Gasteiger charge is 2.25. The van der Waals surface area contributed by atoms with Crippen LogP contribution in [0, 0.1) is 0 Å². The maximum absolute atomic E-state index is 12.1. The topological polar surface area (TPSA) is 78.6 Å². The standard InChI is InChI=1S/C14H21N3O2/c1-9-8-10(6-7-17(9)2)16-14(19)11-4-3-5-12(15)13(11)18/h3-5,9-10,18H,6-8,15H2,1-2H3,(H,16,19). The van der Waals surface area contributed by atoms with Gasteiger partial charge in [-0.25, -0.2) is 0 Å². The minimum atomic E-state index is -0.258. The van der Waals surface area contributed by atoms with E-state index in [1.54, 1.807) is 18.2 Å². The lowest BCUT2D eigenvalue weighted by atomic mass is 9.98. The molecule has 0 spiro atoms. The summed E-state index contributed by atoms with van der Waals surface area (Å²) < 4.78 is 0. The Morgan fingerprint density at radius 3 is 2.95 bits per heavy atom. The second kappa shape index (κ2) is 5.48. The number of rotatable bonds is 2. The number of piperidine rings is 1. The van der Waals surface area contributed by atoms with Crippen LogP contribution >= 0.6 is 0 Å². The average Bonchev–Trinajstić information content (AvgIpc) is 2.37. The molecule has 1 heterocycles. The van der Waals surface area contributed by atoms with E-state index in [0.717, 1.165) is 19.4 Å². The Kier molecular flexibility index (Phi) is 3.95. The Morgan fingerprint density at radius 2 is 2.26 bits per heavy atom. The number of nitrogens with two attached hydrogens (primary N) is 1. The van der Waals surface area contributed by atoms with Crippen LogP contribution in [-0.2, 0) is 0 Å². The van der Waals surface area contributed by atoms with Gasteiger partial charge in [-0.05, 0) is 38.9 Å². The molecule has 1 aromatic rings. The molecule has 1 aromatic carbocycles. The lowest BCUT2D eigenvalue weighted by Crippen LogP contribution is -2.47. The van der Waals surface area contributed by atoms with Crippen LogP contribution in [0.4, 0.5) is 5.69 Å². The van der Waals surface area contributed by atoms with E-state index < -0.39 is 0 Å². The summed E-state index contributed by atoms with van der Waals surface area (Å²) in [5.41, 5.74) is 6.06. The Bertz CT molecular complexity index is 476. The summed E-state index contributed by atoms with van der Waals surface area (Å²) in [5.74, 6) is -0.396. The van der Waals surface area contributed by atoms with Crippen molar-refractivity contribution in [3.05, 3.63) is 23.8 Å². The summed E-state index contributed by atoms with van der Waals surface area (Å²) in [6.45, 7) is 3.12. The number of phenolic OH excluding ortho intramolecular Hbond substituents is 1. The van der Waals surface area contributed by atoms with Gasteiger partial charge in [-0.1, -0.05) is 6.07 Å². The molecule has 5 nitrogen and oxygen atoms in total. The zero-order valence-electron chi connectivity index (χ0n) is 11.4. The molecule has 0 saturated carbocycles. The zero-order valence-corrected chi connectivity index (χ0v) is 11.4. The van der Waals surface area contributed by atoms with Crippen molar-refractivity contribution in [1.82, 2.24) is 10.2 Å². The number of carbonyl (C=O) groups excluding carboxylic acids is 1. The van der Waals surface area contributed by atoms with Crippen LogP contribution < -0.4 is 11.1 Å². The van der Waals surface area contributed by atoms with Gasteiger partial charge in [0.1, 0.15) is 0 Å². The van der Waals surface area contributed by atoms with Crippen LogP contribution in [0.2, 0.25) is 0 Å². The fourth-order valence-corrected chi connectivity index (χ4v) is 2.43. The number of amides is 1. The number of carbonyl (C=O) groups is 1. The number of nitrogen functional groups attached to an aromatic ring is 1. The van der Waals surface area contributed by atoms with E-state index in [9.17, 15) is 9.90 Å². The summed E-state index contributed by atoms with van der Waals surface area (Å²) in [6, 6.07) is 5.43. The molecule has 1 fully saturated rings. The second-order valence-corrected chi connectivity index (χ2v) is 5.27. The average molecular weight is 263 g/mol. The van der Waals surface area contributed by atoms with Gasteiger partial charge in [0.05, 0.1) is 11.3 Å². The van der Waals surface area contributed by atoms with Crippen molar-refractivity contribution in [2.75, 3.05) is 19.3 Å². The number of likely N-dealkylation sites (tertiary alicyclic amines) is 1. The number of nitrogens with zero attached hydrogens (tertiary/aromatic N) is 1. The third kappa shape index (κ3) is 2.98. The van der Waals surface area contributed by atoms with E-state index >= 15 is 0 Å². The monoisotopic (exact) mass is 263 g/mol. The second-order valence-electron chi connectivity index (χ2n) is 5.27. The highest BCUT2D eigenvalue weighted by atomic mass is 16.3. The quantitative estimate of drug-likeness (QED) is 0.553. The molecule has 19 heavy (non-hydrogen) atoms. The molecule has 1 aliphatic rings. The van der Waals surface area contributed by atoms with Crippen LogP contribution in [0.3, 0.4) is 0 Å². The van der Waals surface area contributed by atoms with Crippen molar-refractivity contribution in [3.63, 3.8) is 0 Å². The molecule has 0 radical (unpaired) electrons. The van der Waals surface area contributed by atoms with Crippen molar-refractivity contribution in [2.45, 2.75) is 31.8 Å². The third-order valence-corrected chi connectivity index (χ3v) is 3.86. The maximum Gasteiger partial charge on any atom is 0.255 e. The van der Waals surface area contributed by atoms with Crippen molar-refractivity contribution in [2.24, 2.45) is 0 Å². The van der Waals surface area contributed by atoms with Crippen molar-refractivity contribution in [1.29, 1.82) is 0 Å². The predicted octanol–water partition coefficient (Wildman–Crippen LogP) is 1.19. The highest BCUT2D eigenvalue weighted by molar-refractivity contribution is 5.98. The largest absolute Gasteiger partial charge is 0.505 e. The Hall–Kier alpha value is -1.75. The van der Waals surface area contributed by atoms with E-state index in [0.29, 0.717) is 6.04 Å². The lowest BCUT2D eigenvalue weighted by Gasteiger charge is -2.35. The highest BCUT2D eigenvalue weighted by Crippen LogP contribution is 2.25. The SMILES string of the molecule is CC1CC(NC(=O)c2cccc(N)c2O)CCN1C. The van der Waals surface area contributed by atoms with Crippen LogP contribution in [-0.4, -0.2) is 41.6 Å². The molecule has 0 aliphatic carbocycles. The molecular formula is C14H21N3O2. The summed E-state index contributed by atoms with van der Waals surface area (Å²) in [7, 11) is 2.09. The van der Waals surface area contributed by atoms with Crippen LogP contribution in [0.15, 0.2) is 18.2 Å². The molecule has 2 atom stereocenters. The first kappa shape index (κ1) is 13.7. The summed E-state index contributed by atoms with van der Waals surface area (Å²) in [5, 5.41) is 12.8. The number of nitrogens with one attached hydrogen (secondary N) is 1. The van der Waals surface area contributed by atoms with Gasteiger partial charge in [-0.15, -0.1) is 0 Å². The first-order valence-corrected chi connectivity index (χ1v) is 6.57. The molecule has 2 unspecified atom stereocenters. The summed E-state index contributed by atoms with van der Waals surface area (Å²) >= 11 is 0. The summed E-state index contributed by atoms with van der Waals surface area (Å²) in [4.78, 5) is 14.4. The minimum Gasteiger partial charge on any atom is -0.505 e. The molecule has 2 rings (SSSR count). The molecular weight excluding hydrogens is 242 g/mol. The first-order chi connectivity index (χ1) is 8.99. The molecule has 5 heteroatoms. The zero-order chi connectivity index (χ0) is 14.0. The summed E-state index contributed by atoms with van der Waals surface area (Å²) in [6.07, 6.45) is 1.85. The number of para-hydroxylation sites is 1. The number of anilines is 1. The number of aromatic hydroxyl groups is 1. The minimum absolute atomic E-state index is 0.138. The van der Waals surface area contributed by atoms with Gasteiger partial charge in [-0.3, -0.25) is 4.79 Å². The number of hydrogen-bond donors (Lipinski definition) is 3. The molecule has 1 aliphatic heterocycles. The molecule has 0 aromatic heterocycles. The predicted molar refractivity (Wildman–Crippen MR) is 75.1 cm³/mol. The van der Waals surface area contributed by atoms with E-state index in [4.69, 9.17) is 5.73 Å². The van der Waals surface area contributed by atoms with Gasteiger partial charge in [0, 0.05) is 18.6 Å². The van der Waals surface area contributed by atoms with Gasteiger partial charge < -0.3 is 21.1 Å². The van der Waals surface area contributed by atoms with Crippen LogP contribution in [0.5, 0.6) is 5.75 Å². The maximum atomic E-state index is 12.1. The molecule has 1 saturated heterocycles. The van der Waals surface area contributed by atoms with E-state index in [2.05, 4.69) is 24.2 Å². The van der Waals surface area contributed by atoms with Gasteiger partial charge in [-0.2, -0.15) is 0 Å². The third-order valence-electron chi connectivity index (χ3n) is 3.86. The Morgan fingerprint density at radius 1 is 1.53 bits per heavy atom. The molecule has 1 amide bonds. The van der Waals surface area contributed by atoms with Crippen molar-refractivity contribution < 1.29 is 9.90 Å². The Labute approximate surface area is 113 Å². The smallest absolute Gasteiger partial charge is 0.255 e. The molecule has 104 valence electrons.